The third kappa shape index (κ3) is 3.71. The number of carbonyl (C=O) groups excluding carboxylic acids is 1. The van der Waals surface area contributed by atoms with Crippen molar-refractivity contribution >= 4 is 5.91 Å². The Morgan fingerprint density at radius 1 is 1.44 bits per heavy atom. The van der Waals surface area contributed by atoms with E-state index in [1.54, 1.807) is 24.3 Å². The highest BCUT2D eigenvalue weighted by Gasteiger charge is 2.04. The Labute approximate surface area is 95.1 Å². The minimum absolute atomic E-state index is 0.144. The van der Waals surface area contributed by atoms with E-state index in [0.29, 0.717) is 24.2 Å². The quantitative estimate of drug-likeness (QED) is 0.723. The van der Waals surface area contributed by atoms with E-state index in [4.69, 9.17) is 11.0 Å². The van der Waals surface area contributed by atoms with Crippen LogP contribution in [-0.2, 0) is 0 Å². The Balaban J connectivity index is 2.50. The number of nitrogens with two attached hydrogens (primary N) is 1. The number of nitrogens with zero attached hydrogens (tertiary/aromatic N) is 1. The summed E-state index contributed by atoms with van der Waals surface area (Å²) >= 11 is 0. The van der Waals surface area contributed by atoms with Gasteiger partial charge in [0.1, 0.15) is 0 Å². The smallest absolute Gasteiger partial charge is 0.251 e. The maximum Gasteiger partial charge on any atom is 0.251 e. The molecule has 0 saturated carbocycles. The molecule has 4 nitrogen and oxygen atoms in total. The van der Waals surface area contributed by atoms with Gasteiger partial charge in [-0.3, -0.25) is 4.79 Å². The number of nitriles is 1. The van der Waals surface area contributed by atoms with E-state index in [0.717, 1.165) is 12.8 Å². The maximum atomic E-state index is 11.6. The van der Waals surface area contributed by atoms with Crippen molar-refractivity contribution in [2.45, 2.75) is 12.8 Å². The number of unbranched alkanes of at least 4 members (excludes halogenated alkanes) is 1. The van der Waals surface area contributed by atoms with E-state index < -0.39 is 0 Å². The van der Waals surface area contributed by atoms with Gasteiger partial charge in [0.15, 0.2) is 0 Å². The second kappa shape index (κ2) is 6.59. The summed E-state index contributed by atoms with van der Waals surface area (Å²) < 4.78 is 0. The molecule has 0 radical (unpaired) electrons. The molecule has 0 saturated heterocycles. The number of rotatable bonds is 5. The number of nitrogens with one attached hydrogen (secondary N) is 1. The topological polar surface area (TPSA) is 78.9 Å². The molecule has 0 bridgehead atoms. The summed E-state index contributed by atoms with van der Waals surface area (Å²) in [7, 11) is 0. The lowest BCUT2D eigenvalue weighted by atomic mass is 10.1. The van der Waals surface area contributed by atoms with Crippen LogP contribution >= 0.6 is 0 Å². The molecule has 0 atom stereocenters. The second-order valence-electron chi connectivity index (χ2n) is 3.44. The van der Waals surface area contributed by atoms with E-state index in [1.165, 1.54) is 0 Å². The Morgan fingerprint density at radius 2 is 2.25 bits per heavy atom. The lowest BCUT2D eigenvalue weighted by molar-refractivity contribution is 0.0953. The van der Waals surface area contributed by atoms with Crippen molar-refractivity contribution in [3.05, 3.63) is 35.4 Å². The predicted molar refractivity (Wildman–Crippen MR) is 61.8 cm³/mol. The third-order valence-electron chi connectivity index (χ3n) is 2.17. The molecule has 0 aromatic heterocycles. The van der Waals surface area contributed by atoms with E-state index in [2.05, 4.69) is 5.32 Å². The van der Waals surface area contributed by atoms with Gasteiger partial charge < -0.3 is 11.1 Å². The zero-order chi connectivity index (χ0) is 11.8. The lowest BCUT2D eigenvalue weighted by Gasteiger charge is -2.04. The normalized spacial score (nSPS) is 9.50. The van der Waals surface area contributed by atoms with Crippen molar-refractivity contribution < 1.29 is 4.79 Å². The molecule has 84 valence electrons. The van der Waals surface area contributed by atoms with Crippen LogP contribution in [0.4, 0.5) is 0 Å². The van der Waals surface area contributed by atoms with Crippen molar-refractivity contribution in [2.75, 3.05) is 13.1 Å². The Bertz CT molecular complexity index is 395. The molecule has 0 aliphatic rings. The Hall–Kier alpha value is -1.86. The first-order valence-electron chi connectivity index (χ1n) is 5.26. The molecule has 0 unspecified atom stereocenters. The number of hydrogen-bond donors (Lipinski definition) is 2. The molecule has 1 aromatic carbocycles. The minimum atomic E-state index is -0.144. The summed E-state index contributed by atoms with van der Waals surface area (Å²) in [6.07, 6.45) is 1.78. The molecule has 0 aliphatic heterocycles. The molecule has 0 aliphatic carbocycles. The highest BCUT2D eigenvalue weighted by atomic mass is 16.1. The Kier molecular flexibility index (Phi) is 5.03. The van der Waals surface area contributed by atoms with Crippen molar-refractivity contribution in [2.24, 2.45) is 5.73 Å². The molecular formula is C12H15N3O. The SMILES string of the molecule is N#Cc1cccc(C(=O)NCCCCN)c1. The summed E-state index contributed by atoms with van der Waals surface area (Å²) in [5.74, 6) is -0.144. The van der Waals surface area contributed by atoms with Crippen LogP contribution in [0.3, 0.4) is 0 Å². The summed E-state index contributed by atoms with van der Waals surface area (Å²) in [5.41, 5.74) is 6.36. The first-order valence-corrected chi connectivity index (χ1v) is 5.26. The van der Waals surface area contributed by atoms with E-state index in [1.807, 2.05) is 6.07 Å². The third-order valence-corrected chi connectivity index (χ3v) is 2.17. The summed E-state index contributed by atoms with van der Waals surface area (Å²) in [5, 5.41) is 11.5. The summed E-state index contributed by atoms with van der Waals surface area (Å²) in [4.78, 5) is 11.6. The predicted octanol–water partition coefficient (Wildman–Crippen LogP) is 1.03. The van der Waals surface area contributed by atoms with Gasteiger partial charge in [-0.15, -0.1) is 0 Å². The fraction of sp³-hybridized carbons (Fsp3) is 0.333. The number of amides is 1. The van der Waals surface area contributed by atoms with Gasteiger partial charge in [-0.1, -0.05) is 6.07 Å². The van der Waals surface area contributed by atoms with Gasteiger partial charge >= 0.3 is 0 Å². The van der Waals surface area contributed by atoms with Gasteiger partial charge in [-0.2, -0.15) is 5.26 Å². The number of benzene rings is 1. The largest absolute Gasteiger partial charge is 0.352 e. The van der Waals surface area contributed by atoms with Gasteiger partial charge in [-0.05, 0) is 37.6 Å². The fourth-order valence-corrected chi connectivity index (χ4v) is 1.30. The van der Waals surface area contributed by atoms with Crippen LogP contribution in [0.1, 0.15) is 28.8 Å². The average Bonchev–Trinajstić information content (AvgIpc) is 2.34. The van der Waals surface area contributed by atoms with Gasteiger partial charge in [-0.25, -0.2) is 0 Å². The zero-order valence-corrected chi connectivity index (χ0v) is 9.07. The van der Waals surface area contributed by atoms with E-state index >= 15 is 0 Å². The maximum absolute atomic E-state index is 11.6. The summed E-state index contributed by atoms with van der Waals surface area (Å²) in [6.45, 7) is 1.26. The molecule has 1 amide bonds. The molecule has 1 aromatic rings. The Morgan fingerprint density at radius 3 is 2.94 bits per heavy atom. The van der Waals surface area contributed by atoms with Crippen LogP contribution in [0.25, 0.3) is 0 Å². The first-order chi connectivity index (χ1) is 7.77. The van der Waals surface area contributed by atoms with Crippen LogP contribution in [0.2, 0.25) is 0 Å². The fourth-order valence-electron chi connectivity index (χ4n) is 1.30. The second-order valence-corrected chi connectivity index (χ2v) is 3.44. The van der Waals surface area contributed by atoms with Gasteiger partial charge in [0, 0.05) is 12.1 Å². The van der Waals surface area contributed by atoms with Crippen molar-refractivity contribution in [1.82, 2.24) is 5.32 Å². The van der Waals surface area contributed by atoms with Crippen LogP contribution in [-0.4, -0.2) is 19.0 Å². The molecule has 0 fully saturated rings. The average molecular weight is 217 g/mol. The van der Waals surface area contributed by atoms with E-state index in [9.17, 15) is 4.79 Å². The minimum Gasteiger partial charge on any atom is -0.352 e. The molecule has 0 heterocycles. The van der Waals surface area contributed by atoms with Crippen LogP contribution in [0, 0.1) is 11.3 Å². The van der Waals surface area contributed by atoms with Gasteiger partial charge in [0.2, 0.25) is 0 Å². The van der Waals surface area contributed by atoms with Crippen LogP contribution in [0.15, 0.2) is 24.3 Å². The molecular weight excluding hydrogens is 202 g/mol. The van der Waals surface area contributed by atoms with Crippen molar-refractivity contribution in [3.63, 3.8) is 0 Å². The van der Waals surface area contributed by atoms with Crippen molar-refractivity contribution in [3.8, 4) is 6.07 Å². The van der Waals surface area contributed by atoms with Crippen LogP contribution in [0.5, 0.6) is 0 Å². The first kappa shape index (κ1) is 12.2. The standard InChI is InChI=1S/C12H15N3O/c13-6-1-2-7-15-12(16)11-5-3-4-10(8-11)9-14/h3-5,8H,1-2,6-7,13H2,(H,15,16). The molecule has 0 spiro atoms. The van der Waals surface area contributed by atoms with E-state index in [-0.39, 0.29) is 5.91 Å². The molecule has 16 heavy (non-hydrogen) atoms. The molecule has 3 N–H and O–H groups in total. The van der Waals surface area contributed by atoms with Gasteiger partial charge in [0.05, 0.1) is 11.6 Å². The monoisotopic (exact) mass is 217 g/mol. The zero-order valence-electron chi connectivity index (χ0n) is 9.07. The van der Waals surface area contributed by atoms with Crippen molar-refractivity contribution in [1.29, 1.82) is 5.26 Å². The van der Waals surface area contributed by atoms with Gasteiger partial charge in [0.25, 0.3) is 5.91 Å². The highest BCUT2D eigenvalue weighted by molar-refractivity contribution is 5.94. The number of carbonyl (C=O) groups is 1. The lowest BCUT2D eigenvalue weighted by Crippen LogP contribution is -2.24. The highest BCUT2D eigenvalue weighted by Crippen LogP contribution is 2.03. The molecule has 1 rings (SSSR count). The van der Waals surface area contributed by atoms with Crippen LogP contribution < -0.4 is 11.1 Å². The number of hydrogen-bond acceptors (Lipinski definition) is 3. The summed E-state index contributed by atoms with van der Waals surface area (Å²) in [6, 6.07) is 8.65. The molecule has 4 heteroatoms.